The van der Waals surface area contributed by atoms with Crippen LogP contribution in [0.1, 0.15) is 41.5 Å². The molecule has 5 heteroatoms. The molecule has 1 aromatic rings. The van der Waals surface area contributed by atoms with Gasteiger partial charge in [-0.15, -0.1) is 0 Å². The summed E-state index contributed by atoms with van der Waals surface area (Å²) in [5.74, 6) is -1.79. The quantitative estimate of drug-likeness (QED) is 0.729. The number of H-pyrrole nitrogens is 1. The molecule has 0 amide bonds. The average molecular weight is 211 g/mol. The maximum atomic E-state index is 11.5. The van der Waals surface area contributed by atoms with Crippen LogP contribution < -0.4 is 0 Å². The van der Waals surface area contributed by atoms with E-state index in [9.17, 15) is 9.59 Å². The third-order valence-corrected chi connectivity index (χ3v) is 1.59. The van der Waals surface area contributed by atoms with Crippen LogP contribution in [0.15, 0.2) is 12.4 Å². The lowest BCUT2D eigenvalue weighted by molar-refractivity contribution is 0.00663. The molecule has 0 aliphatic heterocycles. The predicted octanol–water partition coefficient (Wildman–Crippen LogP) is 1.67. The Morgan fingerprint density at radius 2 is 1.80 bits per heavy atom. The van der Waals surface area contributed by atoms with Crippen molar-refractivity contribution in [3.05, 3.63) is 23.5 Å². The fourth-order valence-electron chi connectivity index (χ4n) is 1.04. The summed E-state index contributed by atoms with van der Waals surface area (Å²) < 4.78 is 5.05. The van der Waals surface area contributed by atoms with Crippen molar-refractivity contribution < 1.29 is 19.4 Å². The first-order valence-corrected chi connectivity index (χ1v) is 4.44. The third-order valence-electron chi connectivity index (χ3n) is 1.59. The standard InChI is InChI=1S/C10H13NO4/c1-10(2,3)15-9(14)7-5-11-4-6(7)8(12)13/h4-5,11H,1-3H3,(H,12,13). The minimum absolute atomic E-state index is 0.0393. The van der Waals surface area contributed by atoms with Gasteiger partial charge in [0.25, 0.3) is 0 Å². The number of carboxylic acids is 1. The van der Waals surface area contributed by atoms with Crippen molar-refractivity contribution in [1.82, 2.24) is 4.98 Å². The van der Waals surface area contributed by atoms with Gasteiger partial charge in [0.2, 0.25) is 0 Å². The number of aromatic nitrogens is 1. The Morgan fingerprint density at radius 3 is 2.27 bits per heavy atom. The first-order chi connectivity index (χ1) is 6.81. The van der Waals surface area contributed by atoms with E-state index in [0.717, 1.165) is 0 Å². The molecule has 0 aliphatic carbocycles. The van der Waals surface area contributed by atoms with Crippen LogP contribution >= 0.6 is 0 Å². The van der Waals surface area contributed by atoms with Crippen molar-refractivity contribution >= 4 is 11.9 Å². The van der Waals surface area contributed by atoms with Gasteiger partial charge in [0.05, 0.1) is 11.1 Å². The van der Waals surface area contributed by atoms with Crippen LogP contribution in [-0.2, 0) is 4.74 Å². The molecule has 82 valence electrons. The topological polar surface area (TPSA) is 79.4 Å². The Balaban J connectivity index is 2.92. The van der Waals surface area contributed by atoms with E-state index in [4.69, 9.17) is 9.84 Å². The number of carbonyl (C=O) groups excluding carboxylic acids is 1. The summed E-state index contributed by atoms with van der Waals surface area (Å²) in [5, 5.41) is 8.77. The van der Waals surface area contributed by atoms with Gasteiger partial charge in [-0.2, -0.15) is 0 Å². The highest BCUT2D eigenvalue weighted by Crippen LogP contribution is 2.15. The first-order valence-electron chi connectivity index (χ1n) is 4.44. The molecular weight excluding hydrogens is 198 g/mol. The van der Waals surface area contributed by atoms with E-state index in [1.807, 2.05) is 0 Å². The molecule has 1 heterocycles. The number of esters is 1. The van der Waals surface area contributed by atoms with Gasteiger partial charge in [-0.25, -0.2) is 9.59 Å². The molecule has 15 heavy (non-hydrogen) atoms. The van der Waals surface area contributed by atoms with E-state index in [2.05, 4.69) is 4.98 Å². The number of nitrogens with one attached hydrogen (secondary N) is 1. The van der Waals surface area contributed by atoms with Crippen molar-refractivity contribution in [2.45, 2.75) is 26.4 Å². The Morgan fingerprint density at radius 1 is 1.27 bits per heavy atom. The Bertz CT molecular complexity index is 386. The van der Waals surface area contributed by atoms with Crippen LogP contribution in [0.25, 0.3) is 0 Å². The summed E-state index contributed by atoms with van der Waals surface area (Å²) in [6.45, 7) is 5.16. The molecule has 0 bridgehead atoms. The van der Waals surface area contributed by atoms with E-state index < -0.39 is 17.5 Å². The van der Waals surface area contributed by atoms with Crippen LogP contribution in [0.3, 0.4) is 0 Å². The zero-order chi connectivity index (χ0) is 11.6. The lowest BCUT2D eigenvalue weighted by atomic mass is 10.1. The van der Waals surface area contributed by atoms with E-state index in [1.54, 1.807) is 20.8 Å². The van der Waals surface area contributed by atoms with E-state index in [-0.39, 0.29) is 11.1 Å². The zero-order valence-corrected chi connectivity index (χ0v) is 8.83. The number of carbonyl (C=O) groups is 2. The summed E-state index contributed by atoms with van der Waals surface area (Å²) in [6, 6.07) is 0. The number of rotatable bonds is 2. The molecule has 0 spiro atoms. The lowest BCUT2D eigenvalue weighted by Gasteiger charge is -2.19. The number of aromatic amines is 1. The fourth-order valence-corrected chi connectivity index (χ4v) is 1.04. The molecule has 0 saturated carbocycles. The van der Waals surface area contributed by atoms with Crippen LogP contribution in [0, 0.1) is 0 Å². The maximum absolute atomic E-state index is 11.5. The van der Waals surface area contributed by atoms with Crippen LogP contribution in [-0.4, -0.2) is 27.6 Å². The van der Waals surface area contributed by atoms with E-state index in [0.29, 0.717) is 0 Å². The minimum Gasteiger partial charge on any atom is -0.478 e. The van der Waals surface area contributed by atoms with Gasteiger partial charge in [-0.3, -0.25) is 0 Å². The molecular formula is C10H13NO4. The first kappa shape index (κ1) is 11.3. The summed E-state index contributed by atoms with van der Waals surface area (Å²) in [6.07, 6.45) is 2.57. The molecule has 0 atom stereocenters. The summed E-state index contributed by atoms with van der Waals surface area (Å²) in [4.78, 5) is 24.8. The maximum Gasteiger partial charge on any atom is 0.341 e. The predicted molar refractivity (Wildman–Crippen MR) is 52.9 cm³/mol. The van der Waals surface area contributed by atoms with Gasteiger partial charge >= 0.3 is 11.9 Å². The monoisotopic (exact) mass is 211 g/mol. The molecule has 0 fully saturated rings. The van der Waals surface area contributed by atoms with Crippen molar-refractivity contribution in [3.63, 3.8) is 0 Å². The number of hydrogen-bond acceptors (Lipinski definition) is 3. The number of aromatic carboxylic acids is 1. The SMILES string of the molecule is CC(C)(C)OC(=O)c1c[nH]cc1C(=O)O. The number of ether oxygens (including phenoxy) is 1. The third kappa shape index (κ3) is 2.83. The van der Waals surface area contributed by atoms with Crippen molar-refractivity contribution in [1.29, 1.82) is 0 Å². The largest absolute Gasteiger partial charge is 0.478 e. The second kappa shape index (κ2) is 3.76. The highest BCUT2D eigenvalue weighted by Gasteiger charge is 2.23. The van der Waals surface area contributed by atoms with Crippen LogP contribution in [0.2, 0.25) is 0 Å². The van der Waals surface area contributed by atoms with Crippen molar-refractivity contribution in [3.8, 4) is 0 Å². The Labute approximate surface area is 87.1 Å². The molecule has 0 unspecified atom stereocenters. The second-order valence-corrected chi connectivity index (χ2v) is 4.09. The summed E-state index contributed by atoms with van der Waals surface area (Å²) >= 11 is 0. The van der Waals surface area contributed by atoms with E-state index >= 15 is 0 Å². The van der Waals surface area contributed by atoms with E-state index in [1.165, 1.54) is 12.4 Å². The van der Waals surface area contributed by atoms with Crippen LogP contribution in [0.5, 0.6) is 0 Å². The zero-order valence-electron chi connectivity index (χ0n) is 8.83. The molecule has 1 aromatic heterocycles. The van der Waals surface area contributed by atoms with Gasteiger partial charge in [-0.05, 0) is 20.8 Å². The lowest BCUT2D eigenvalue weighted by Crippen LogP contribution is -2.24. The fraction of sp³-hybridized carbons (Fsp3) is 0.400. The smallest absolute Gasteiger partial charge is 0.341 e. The normalized spacial score (nSPS) is 11.1. The van der Waals surface area contributed by atoms with Crippen LogP contribution in [0.4, 0.5) is 0 Å². The minimum atomic E-state index is -1.16. The summed E-state index contributed by atoms with van der Waals surface area (Å²) in [7, 11) is 0. The molecule has 0 aromatic carbocycles. The number of carboxylic acid groups (broad SMARTS) is 1. The Kier molecular flexibility index (Phi) is 2.83. The van der Waals surface area contributed by atoms with Gasteiger partial charge < -0.3 is 14.8 Å². The Hall–Kier alpha value is -1.78. The molecule has 0 aliphatic rings. The van der Waals surface area contributed by atoms with Crippen molar-refractivity contribution in [2.75, 3.05) is 0 Å². The van der Waals surface area contributed by atoms with Gasteiger partial charge in [0.15, 0.2) is 0 Å². The van der Waals surface area contributed by atoms with Gasteiger partial charge in [0, 0.05) is 12.4 Å². The molecule has 0 radical (unpaired) electrons. The average Bonchev–Trinajstić information content (AvgIpc) is 2.47. The summed E-state index contributed by atoms with van der Waals surface area (Å²) in [5.41, 5.74) is -0.675. The van der Waals surface area contributed by atoms with Gasteiger partial charge in [-0.1, -0.05) is 0 Å². The number of hydrogen-bond donors (Lipinski definition) is 2. The van der Waals surface area contributed by atoms with Gasteiger partial charge in [0.1, 0.15) is 5.60 Å². The highest BCUT2D eigenvalue weighted by molar-refractivity contribution is 6.02. The molecule has 1 rings (SSSR count). The second-order valence-electron chi connectivity index (χ2n) is 4.09. The highest BCUT2D eigenvalue weighted by atomic mass is 16.6. The van der Waals surface area contributed by atoms with Crippen molar-refractivity contribution in [2.24, 2.45) is 0 Å². The molecule has 5 nitrogen and oxygen atoms in total. The molecule has 2 N–H and O–H groups in total. The molecule has 0 saturated heterocycles.